The number of aliphatic carboxylic acids is 1. The van der Waals surface area contributed by atoms with Gasteiger partial charge in [0, 0.05) is 17.7 Å². The van der Waals surface area contributed by atoms with Crippen LogP contribution in [0.15, 0.2) is 30.3 Å². The Labute approximate surface area is 119 Å². The largest absolute Gasteiger partial charge is 0.478 e. The van der Waals surface area contributed by atoms with E-state index in [0.29, 0.717) is 5.56 Å². The lowest BCUT2D eigenvalue weighted by molar-refractivity contribution is -0.138. The fraction of sp³-hybridized carbons (Fsp3) is 0.286. The predicted molar refractivity (Wildman–Crippen MR) is 70.7 cm³/mol. The molecule has 0 saturated heterocycles. The Morgan fingerprint density at radius 2 is 2.05 bits per heavy atom. The van der Waals surface area contributed by atoms with Crippen LogP contribution in [0.2, 0.25) is 0 Å². The van der Waals surface area contributed by atoms with Crippen LogP contribution in [-0.2, 0) is 4.79 Å². The van der Waals surface area contributed by atoms with Gasteiger partial charge in [0.15, 0.2) is 0 Å². The number of alkyl halides is 3. The van der Waals surface area contributed by atoms with Crippen molar-refractivity contribution in [3.05, 3.63) is 41.5 Å². The van der Waals surface area contributed by atoms with Crippen molar-refractivity contribution >= 4 is 18.0 Å². The summed E-state index contributed by atoms with van der Waals surface area (Å²) in [6.07, 6.45) is -3.27. The van der Waals surface area contributed by atoms with Crippen molar-refractivity contribution < 1.29 is 27.9 Å². The van der Waals surface area contributed by atoms with E-state index in [-0.39, 0.29) is 5.56 Å². The fourth-order valence-electron chi connectivity index (χ4n) is 1.66. The Morgan fingerprint density at radius 1 is 1.38 bits per heavy atom. The third-order valence-electron chi connectivity index (χ3n) is 2.48. The summed E-state index contributed by atoms with van der Waals surface area (Å²) in [5.74, 6) is -1.78. The average molecular weight is 301 g/mol. The van der Waals surface area contributed by atoms with Gasteiger partial charge < -0.3 is 10.4 Å². The van der Waals surface area contributed by atoms with Gasteiger partial charge in [0.25, 0.3) is 5.91 Å². The zero-order valence-electron chi connectivity index (χ0n) is 11.1. The SMILES string of the molecule is CC(CC(F)(F)F)NC(=O)c1cccc(/C=C/C(=O)O)c1. The van der Waals surface area contributed by atoms with Crippen LogP contribution in [0.4, 0.5) is 13.2 Å². The molecule has 4 nitrogen and oxygen atoms in total. The monoisotopic (exact) mass is 301 g/mol. The molecule has 0 radical (unpaired) electrons. The molecule has 21 heavy (non-hydrogen) atoms. The minimum absolute atomic E-state index is 0.163. The number of carbonyl (C=O) groups is 2. The van der Waals surface area contributed by atoms with E-state index in [1.807, 2.05) is 0 Å². The van der Waals surface area contributed by atoms with Crippen LogP contribution in [0.3, 0.4) is 0 Å². The van der Waals surface area contributed by atoms with Crippen molar-refractivity contribution in [1.82, 2.24) is 5.32 Å². The second-order valence-electron chi connectivity index (χ2n) is 4.49. The highest BCUT2D eigenvalue weighted by molar-refractivity contribution is 5.95. The van der Waals surface area contributed by atoms with Gasteiger partial charge >= 0.3 is 12.1 Å². The summed E-state index contributed by atoms with van der Waals surface area (Å²) >= 11 is 0. The Morgan fingerprint density at radius 3 is 2.62 bits per heavy atom. The summed E-state index contributed by atoms with van der Waals surface area (Å²) in [5.41, 5.74) is 0.630. The number of benzene rings is 1. The summed E-state index contributed by atoms with van der Waals surface area (Å²) in [6.45, 7) is 1.26. The molecule has 0 aliphatic rings. The highest BCUT2D eigenvalue weighted by Gasteiger charge is 2.30. The van der Waals surface area contributed by atoms with Crippen LogP contribution in [0.25, 0.3) is 6.08 Å². The van der Waals surface area contributed by atoms with Crippen LogP contribution in [0.5, 0.6) is 0 Å². The number of hydrogen-bond acceptors (Lipinski definition) is 2. The topological polar surface area (TPSA) is 66.4 Å². The number of halogens is 3. The second kappa shape index (κ2) is 6.92. The number of amides is 1. The minimum Gasteiger partial charge on any atom is -0.478 e. The van der Waals surface area contributed by atoms with Crippen LogP contribution in [0.1, 0.15) is 29.3 Å². The highest BCUT2D eigenvalue weighted by Crippen LogP contribution is 2.21. The van der Waals surface area contributed by atoms with Crippen molar-refractivity contribution in [1.29, 1.82) is 0 Å². The molecule has 0 spiro atoms. The smallest absolute Gasteiger partial charge is 0.391 e. The zero-order valence-corrected chi connectivity index (χ0v) is 11.1. The van der Waals surface area contributed by atoms with Gasteiger partial charge in [-0.3, -0.25) is 4.79 Å². The maximum atomic E-state index is 12.2. The molecule has 0 fully saturated rings. The maximum Gasteiger partial charge on any atom is 0.391 e. The average Bonchev–Trinajstić information content (AvgIpc) is 2.34. The number of rotatable bonds is 5. The lowest BCUT2D eigenvalue weighted by Crippen LogP contribution is -2.35. The first-order valence-electron chi connectivity index (χ1n) is 6.06. The molecule has 2 N–H and O–H groups in total. The van der Waals surface area contributed by atoms with E-state index >= 15 is 0 Å². The van der Waals surface area contributed by atoms with E-state index in [1.54, 1.807) is 6.07 Å². The first kappa shape index (κ1) is 16.7. The molecule has 1 aromatic rings. The normalized spacial score (nSPS) is 13.1. The molecular formula is C14H14F3NO3. The number of carboxylic acid groups (broad SMARTS) is 1. The molecule has 0 aromatic heterocycles. The van der Waals surface area contributed by atoms with Crippen LogP contribution < -0.4 is 5.32 Å². The zero-order chi connectivity index (χ0) is 16.0. The lowest BCUT2D eigenvalue weighted by atomic mass is 10.1. The van der Waals surface area contributed by atoms with Crippen molar-refractivity contribution in [2.45, 2.75) is 25.6 Å². The minimum atomic E-state index is -4.35. The van der Waals surface area contributed by atoms with Crippen molar-refractivity contribution in [2.75, 3.05) is 0 Å². The first-order chi connectivity index (χ1) is 9.67. The van der Waals surface area contributed by atoms with Gasteiger partial charge in [0.1, 0.15) is 0 Å². The molecule has 7 heteroatoms. The van der Waals surface area contributed by atoms with Crippen molar-refractivity contribution in [3.8, 4) is 0 Å². The molecule has 1 amide bonds. The Bertz CT molecular complexity index is 553. The first-order valence-corrected chi connectivity index (χ1v) is 6.06. The third-order valence-corrected chi connectivity index (χ3v) is 2.48. The lowest BCUT2D eigenvalue weighted by Gasteiger charge is -2.15. The Balaban J connectivity index is 2.74. The molecule has 0 aliphatic carbocycles. The van der Waals surface area contributed by atoms with Gasteiger partial charge in [-0.25, -0.2) is 4.79 Å². The van der Waals surface area contributed by atoms with Gasteiger partial charge in [-0.05, 0) is 30.7 Å². The van der Waals surface area contributed by atoms with Crippen LogP contribution in [-0.4, -0.2) is 29.2 Å². The molecule has 114 valence electrons. The van der Waals surface area contributed by atoms with Gasteiger partial charge in [-0.15, -0.1) is 0 Å². The van der Waals surface area contributed by atoms with Crippen molar-refractivity contribution in [2.24, 2.45) is 0 Å². The predicted octanol–water partition coefficient (Wildman–Crippen LogP) is 2.86. The third kappa shape index (κ3) is 6.60. The van der Waals surface area contributed by atoms with E-state index in [9.17, 15) is 22.8 Å². The summed E-state index contributed by atoms with van der Waals surface area (Å²) in [4.78, 5) is 22.2. The number of hydrogen-bond donors (Lipinski definition) is 2. The molecule has 0 aliphatic heterocycles. The molecule has 0 heterocycles. The van der Waals surface area contributed by atoms with Crippen LogP contribution in [0, 0.1) is 0 Å². The summed E-state index contributed by atoms with van der Waals surface area (Å²) in [6, 6.07) is 4.89. The Hall–Kier alpha value is -2.31. The molecule has 1 atom stereocenters. The summed E-state index contributed by atoms with van der Waals surface area (Å²) < 4.78 is 36.5. The van der Waals surface area contributed by atoms with E-state index in [4.69, 9.17) is 5.11 Å². The van der Waals surface area contributed by atoms with E-state index in [2.05, 4.69) is 5.32 Å². The van der Waals surface area contributed by atoms with Gasteiger partial charge in [-0.2, -0.15) is 13.2 Å². The molecule has 1 aromatic carbocycles. The second-order valence-corrected chi connectivity index (χ2v) is 4.49. The Kier molecular flexibility index (Phi) is 5.52. The maximum absolute atomic E-state index is 12.2. The molecular weight excluding hydrogens is 287 g/mol. The fourth-order valence-corrected chi connectivity index (χ4v) is 1.66. The molecule has 1 unspecified atom stereocenters. The van der Waals surface area contributed by atoms with E-state index in [0.717, 1.165) is 6.08 Å². The van der Waals surface area contributed by atoms with Crippen LogP contribution >= 0.6 is 0 Å². The summed E-state index contributed by atoms with van der Waals surface area (Å²) in [5, 5.41) is 10.8. The van der Waals surface area contributed by atoms with E-state index < -0.39 is 30.5 Å². The van der Waals surface area contributed by atoms with E-state index in [1.165, 1.54) is 31.2 Å². The van der Waals surface area contributed by atoms with Gasteiger partial charge in [0.2, 0.25) is 0 Å². The molecule has 0 saturated carbocycles. The number of carboxylic acids is 1. The standard InChI is InChI=1S/C14H14F3NO3/c1-9(8-14(15,16)17)18-13(21)11-4-2-3-10(7-11)5-6-12(19)20/h2-7,9H,8H2,1H3,(H,18,21)(H,19,20)/b6-5+. The van der Waals surface area contributed by atoms with Gasteiger partial charge in [0.05, 0.1) is 6.42 Å². The molecule has 1 rings (SSSR count). The number of nitrogens with one attached hydrogen (secondary N) is 1. The summed E-state index contributed by atoms with van der Waals surface area (Å²) in [7, 11) is 0. The van der Waals surface area contributed by atoms with Crippen molar-refractivity contribution in [3.63, 3.8) is 0 Å². The quantitative estimate of drug-likeness (QED) is 0.822. The number of carbonyl (C=O) groups excluding carboxylic acids is 1. The highest BCUT2D eigenvalue weighted by atomic mass is 19.4. The van der Waals surface area contributed by atoms with Gasteiger partial charge in [-0.1, -0.05) is 12.1 Å². The molecule has 0 bridgehead atoms.